The summed E-state index contributed by atoms with van der Waals surface area (Å²) in [6.07, 6.45) is 10.5. The van der Waals surface area contributed by atoms with Crippen LogP contribution in [0.25, 0.3) is 0 Å². The van der Waals surface area contributed by atoms with Gasteiger partial charge in [0.25, 0.3) is 0 Å². The van der Waals surface area contributed by atoms with E-state index in [1.807, 2.05) is 0 Å². The van der Waals surface area contributed by atoms with E-state index in [0.29, 0.717) is 11.5 Å². The molecule has 5 unspecified atom stereocenters. The van der Waals surface area contributed by atoms with Crippen LogP contribution in [0.5, 0.6) is 0 Å². The molecule has 3 aliphatic rings. The molecule has 112 valence electrons. The lowest BCUT2D eigenvalue weighted by atomic mass is 9.68. The number of hydrogen-bond acceptors (Lipinski definition) is 2. The Hall–Kier alpha value is -0.790. The third-order valence-corrected chi connectivity index (χ3v) is 6.26. The van der Waals surface area contributed by atoms with Crippen molar-refractivity contribution in [1.82, 2.24) is 0 Å². The van der Waals surface area contributed by atoms with E-state index in [4.69, 9.17) is 4.74 Å². The quantitative estimate of drug-likeness (QED) is 0.548. The maximum absolute atomic E-state index is 12.0. The molecule has 3 aliphatic carbocycles. The van der Waals surface area contributed by atoms with E-state index < -0.39 is 0 Å². The summed E-state index contributed by atoms with van der Waals surface area (Å²) < 4.78 is 5.92. The van der Waals surface area contributed by atoms with Gasteiger partial charge in [-0.3, -0.25) is 0 Å². The van der Waals surface area contributed by atoms with E-state index in [0.717, 1.165) is 24.2 Å². The Kier molecular flexibility index (Phi) is 3.68. The molecule has 2 heteroatoms. The Labute approximate surface area is 123 Å². The summed E-state index contributed by atoms with van der Waals surface area (Å²) in [7, 11) is 0. The molecule has 0 aromatic heterocycles. The summed E-state index contributed by atoms with van der Waals surface area (Å²) in [5.74, 6) is 3.02. The largest absolute Gasteiger partial charge is 0.456 e. The van der Waals surface area contributed by atoms with Gasteiger partial charge in [-0.25, -0.2) is 4.79 Å². The van der Waals surface area contributed by atoms with Gasteiger partial charge < -0.3 is 4.74 Å². The summed E-state index contributed by atoms with van der Waals surface area (Å²) in [5, 5.41) is 0. The van der Waals surface area contributed by atoms with Gasteiger partial charge in [0.2, 0.25) is 0 Å². The zero-order chi connectivity index (χ0) is 14.3. The number of hydrogen-bond donors (Lipinski definition) is 0. The second kappa shape index (κ2) is 5.20. The van der Waals surface area contributed by atoms with Crippen molar-refractivity contribution in [3.63, 3.8) is 0 Å². The molecule has 3 saturated carbocycles. The van der Waals surface area contributed by atoms with Crippen LogP contribution in [0.15, 0.2) is 12.2 Å². The fourth-order valence-electron chi connectivity index (χ4n) is 5.31. The van der Waals surface area contributed by atoms with Gasteiger partial charge in [-0.05, 0) is 63.7 Å². The first-order chi connectivity index (χ1) is 9.51. The SMILES string of the molecule is C=C(C)C(=O)OC1(C)CCCC2C3CCCCC3CC21. The minimum atomic E-state index is -0.240. The van der Waals surface area contributed by atoms with Crippen molar-refractivity contribution in [2.45, 2.75) is 70.8 Å². The number of ether oxygens (including phenoxy) is 1. The maximum Gasteiger partial charge on any atom is 0.333 e. The lowest BCUT2D eigenvalue weighted by Gasteiger charge is -2.43. The smallest absolute Gasteiger partial charge is 0.333 e. The summed E-state index contributed by atoms with van der Waals surface area (Å²) in [5.41, 5.74) is 0.291. The average molecular weight is 276 g/mol. The number of esters is 1. The van der Waals surface area contributed by atoms with Crippen LogP contribution in [0.1, 0.15) is 65.2 Å². The molecule has 3 rings (SSSR count). The summed E-state index contributed by atoms with van der Waals surface area (Å²) in [4.78, 5) is 12.0. The fourth-order valence-corrected chi connectivity index (χ4v) is 5.31. The molecule has 0 aromatic carbocycles. The first-order valence-corrected chi connectivity index (χ1v) is 8.40. The molecule has 2 nitrogen and oxygen atoms in total. The van der Waals surface area contributed by atoms with Crippen LogP contribution in [0.3, 0.4) is 0 Å². The third kappa shape index (κ3) is 2.31. The zero-order valence-corrected chi connectivity index (χ0v) is 13.0. The first kappa shape index (κ1) is 14.2. The minimum absolute atomic E-state index is 0.192. The molecule has 5 atom stereocenters. The maximum atomic E-state index is 12.0. The normalized spacial score (nSPS) is 43.5. The van der Waals surface area contributed by atoms with Crippen molar-refractivity contribution in [1.29, 1.82) is 0 Å². The summed E-state index contributed by atoms with van der Waals surface area (Å²) >= 11 is 0. The second-order valence-electron chi connectivity index (χ2n) is 7.59. The Morgan fingerprint density at radius 1 is 1.15 bits per heavy atom. The second-order valence-corrected chi connectivity index (χ2v) is 7.59. The van der Waals surface area contributed by atoms with E-state index in [-0.39, 0.29) is 11.6 Å². The van der Waals surface area contributed by atoms with Crippen LogP contribution < -0.4 is 0 Å². The van der Waals surface area contributed by atoms with Crippen LogP contribution >= 0.6 is 0 Å². The lowest BCUT2D eigenvalue weighted by Crippen LogP contribution is -2.45. The highest BCUT2D eigenvalue weighted by Gasteiger charge is 2.54. The van der Waals surface area contributed by atoms with Crippen molar-refractivity contribution >= 4 is 5.97 Å². The molecule has 3 fully saturated rings. The molecule has 0 amide bonds. The van der Waals surface area contributed by atoms with Gasteiger partial charge >= 0.3 is 5.97 Å². The van der Waals surface area contributed by atoms with Gasteiger partial charge in [0.05, 0.1) is 0 Å². The topological polar surface area (TPSA) is 26.3 Å². The molecular weight excluding hydrogens is 248 g/mol. The predicted molar refractivity (Wildman–Crippen MR) is 80.2 cm³/mol. The molecule has 0 N–H and O–H groups in total. The average Bonchev–Trinajstić information content (AvgIpc) is 2.79. The molecule has 20 heavy (non-hydrogen) atoms. The van der Waals surface area contributed by atoms with Crippen LogP contribution in [0.4, 0.5) is 0 Å². The molecule has 0 spiro atoms. The van der Waals surface area contributed by atoms with Gasteiger partial charge in [-0.1, -0.05) is 25.8 Å². The van der Waals surface area contributed by atoms with Crippen molar-refractivity contribution in [2.75, 3.05) is 0 Å². The van der Waals surface area contributed by atoms with E-state index >= 15 is 0 Å². The molecule has 0 heterocycles. The zero-order valence-electron chi connectivity index (χ0n) is 13.0. The summed E-state index contributed by atoms with van der Waals surface area (Å²) in [6, 6.07) is 0. The highest BCUT2D eigenvalue weighted by atomic mass is 16.6. The van der Waals surface area contributed by atoms with Gasteiger partial charge in [-0.2, -0.15) is 0 Å². The number of carbonyl (C=O) groups is 1. The predicted octanol–water partition coefficient (Wildman–Crippen LogP) is 4.49. The van der Waals surface area contributed by atoms with Crippen LogP contribution in [0, 0.1) is 23.7 Å². The third-order valence-electron chi connectivity index (χ3n) is 6.26. The van der Waals surface area contributed by atoms with E-state index in [2.05, 4.69) is 13.5 Å². The van der Waals surface area contributed by atoms with Crippen LogP contribution in [-0.2, 0) is 9.53 Å². The van der Waals surface area contributed by atoms with Crippen molar-refractivity contribution < 1.29 is 9.53 Å². The Balaban J connectivity index is 1.79. The first-order valence-electron chi connectivity index (χ1n) is 8.40. The number of rotatable bonds is 2. The van der Waals surface area contributed by atoms with Crippen LogP contribution in [-0.4, -0.2) is 11.6 Å². The van der Waals surface area contributed by atoms with Crippen molar-refractivity contribution in [3.05, 3.63) is 12.2 Å². The van der Waals surface area contributed by atoms with Crippen molar-refractivity contribution in [2.24, 2.45) is 23.7 Å². The molecule has 0 aromatic rings. The number of carbonyl (C=O) groups excluding carboxylic acids is 1. The highest BCUT2D eigenvalue weighted by Crippen LogP contribution is 2.57. The molecule has 0 radical (unpaired) electrons. The molecule has 0 saturated heterocycles. The van der Waals surface area contributed by atoms with E-state index in [9.17, 15) is 4.79 Å². The standard InChI is InChI=1S/C18H28O2/c1-12(2)17(19)20-18(3)10-6-9-15-14-8-5-4-7-13(14)11-16(15)18/h13-16H,1,4-11H2,2-3H3. The minimum Gasteiger partial charge on any atom is -0.456 e. The van der Waals surface area contributed by atoms with Gasteiger partial charge in [0.15, 0.2) is 0 Å². The van der Waals surface area contributed by atoms with Crippen molar-refractivity contribution in [3.8, 4) is 0 Å². The Bertz CT molecular complexity index is 414. The highest BCUT2D eigenvalue weighted by molar-refractivity contribution is 5.87. The van der Waals surface area contributed by atoms with E-state index in [1.165, 1.54) is 44.9 Å². The molecule has 0 aliphatic heterocycles. The van der Waals surface area contributed by atoms with E-state index in [1.54, 1.807) is 6.92 Å². The van der Waals surface area contributed by atoms with Gasteiger partial charge in [0.1, 0.15) is 5.60 Å². The fraction of sp³-hybridized carbons (Fsp3) is 0.833. The molecule has 0 bridgehead atoms. The number of fused-ring (bicyclic) bond motifs is 3. The Morgan fingerprint density at radius 2 is 1.85 bits per heavy atom. The Morgan fingerprint density at radius 3 is 2.60 bits per heavy atom. The summed E-state index contributed by atoms with van der Waals surface area (Å²) in [6.45, 7) is 7.67. The van der Waals surface area contributed by atoms with Gasteiger partial charge in [-0.15, -0.1) is 0 Å². The monoisotopic (exact) mass is 276 g/mol. The molecular formula is C18H28O2. The van der Waals surface area contributed by atoms with Gasteiger partial charge in [0, 0.05) is 11.5 Å². The lowest BCUT2D eigenvalue weighted by molar-refractivity contribution is -0.165. The van der Waals surface area contributed by atoms with Crippen LogP contribution in [0.2, 0.25) is 0 Å².